The molecule has 3 aromatic rings. The Bertz CT molecular complexity index is 916. The second-order valence-corrected chi connectivity index (χ2v) is 6.58. The molecule has 1 fully saturated rings. The zero-order chi connectivity index (χ0) is 18.1. The lowest BCUT2D eigenvalue weighted by Crippen LogP contribution is -2.41. The number of nitrogens with one attached hydrogen (secondary N) is 1. The van der Waals surface area contributed by atoms with Gasteiger partial charge in [-0.15, -0.1) is 0 Å². The average molecular weight is 352 g/mol. The Balaban J connectivity index is 1.57. The van der Waals surface area contributed by atoms with E-state index in [1.165, 1.54) is 0 Å². The molecule has 26 heavy (non-hydrogen) atoms. The topological polar surface area (TPSA) is 88.8 Å². The molecule has 0 aromatic carbocycles. The van der Waals surface area contributed by atoms with E-state index >= 15 is 0 Å². The first-order valence-corrected chi connectivity index (χ1v) is 8.55. The van der Waals surface area contributed by atoms with Gasteiger partial charge in [0.2, 0.25) is 5.88 Å². The van der Waals surface area contributed by atoms with Gasteiger partial charge in [-0.1, -0.05) is 6.07 Å². The highest BCUT2D eigenvalue weighted by atomic mass is 16.5. The summed E-state index contributed by atoms with van der Waals surface area (Å²) in [5.41, 5.74) is 2.25. The monoisotopic (exact) mass is 352 g/mol. The number of hydrogen-bond donors (Lipinski definition) is 2. The van der Waals surface area contributed by atoms with Crippen LogP contribution in [0.15, 0.2) is 49.1 Å². The van der Waals surface area contributed by atoms with Gasteiger partial charge in [-0.05, 0) is 36.5 Å². The third-order valence-corrected chi connectivity index (χ3v) is 4.89. The minimum Gasteiger partial charge on any atom is -0.481 e. The van der Waals surface area contributed by atoms with Crippen molar-refractivity contribution in [3.05, 3.63) is 60.2 Å². The molecular weight excluding hydrogens is 332 g/mol. The molecule has 7 nitrogen and oxygen atoms in total. The van der Waals surface area contributed by atoms with Gasteiger partial charge in [-0.3, -0.25) is 4.79 Å². The molecule has 1 aliphatic rings. The molecule has 0 unspecified atom stereocenters. The van der Waals surface area contributed by atoms with Gasteiger partial charge >= 0.3 is 0 Å². The molecule has 3 heterocycles. The number of ether oxygens (including phenoxy) is 1. The Morgan fingerprint density at radius 2 is 2.15 bits per heavy atom. The molecule has 1 atom stereocenters. The van der Waals surface area contributed by atoms with Gasteiger partial charge in [-0.2, -0.15) is 0 Å². The number of carbonyl (C=O) groups is 1. The summed E-state index contributed by atoms with van der Waals surface area (Å²) in [6.07, 6.45) is 8.00. The van der Waals surface area contributed by atoms with Gasteiger partial charge in [0.1, 0.15) is 5.65 Å². The molecule has 0 radical (unpaired) electrons. The largest absolute Gasteiger partial charge is 0.481 e. The Labute approximate surface area is 150 Å². The number of rotatable bonds is 5. The van der Waals surface area contributed by atoms with Crippen molar-refractivity contribution in [3.63, 3.8) is 0 Å². The summed E-state index contributed by atoms with van der Waals surface area (Å²) < 4.78 is 6.91. The number of aliphatic hydroxyl groups excluding tert-OH is 1. The number of amides is 1. The standard InChI is InChI=1S/C19H20N4O3/c1-26-17-5-3-12(10-21-17)18(14-8-15(24)9-14)22-19(25)13-2-4-16-20-6-7-23(16)11-13/h2-7,10-11,14-15,18,24H,8-9H2,1H3,(H,22,25)/t14?,15?,18-/m1/s1. The Kier molecular flexibility index (Phi) is 4.30. The lowest BCUT2D eigenvalue weighted by atomic mass is 9.75. The van der Waals surface area contributed by atoms with E-state index in [0.717, 1.165) is 11.2 Å². The van der Waals surface area contributed by atoms with Crippen LogP contribution in [0.5, 0.6) is 5.88 Å². The molecule has 2 N–H and O–H groups in total. The molecule has 1 saturated carbocycles. The highest BCUT2D eigenvalue weighted by Crippen LogP contribution is 2.38. The lowest BCUT2D eigenvalue weighted by molar-refractivity contribution is 0.0234. The van der Waals surface area contributed by atoms with Crippen LogP contribution in [0.25, 0.3) is 5.65 Å². The molecule has 1 aliphatic carbocycles. The predicted octanol–water partition coefficient (Wildman–Crippen LogP) is 1.98. The number of imidazole rings is 1. The van der Waals surface area contributed by atoms with Crippen molar-refractivity contribution in [1.29, 1.82) is 0 Å². The molecule has 1 amide bonds. The zero-order valence-electron chi connectivity index (χ0n) is 14.4. The van der Waals surface area contributed by atoms with Gasteiger partial charge in [-0.25, -0.2) is 9.97 Å². The molecule has 0 aliphatic heterocycles. The number of aromatic nitrogens is 3. The normalized spacial score (nSPS) is 20.4. The van der Waals surface area contributed by atoms with Crippen LogP contribution < -0.4 is 10.1 Å². The van der Waals surface area contributed by atoms with Crippen molar-refractivity contribution in [3.8, 4) is 5.88 Å². The Hall–Kier alpha value is -2.93. The van der Waals surface area contributed by atoms with Gasteiger partial charge in [0, 0.05) is 30.9 Å². The van der Waals surface area contributed by atoms with Crippen LogP contribution in [-0.4, -0.2) is 38.6 Å². The number of fused-ring (bicyclic) bond motifs is 1. The summed E-state index contributed by atoms with van der Waals surface area (Å²) in [5, 5.41) is 12.8. The molecule has 7 heteroatoms. The third-order valence-electron chi connectivity index (χ3n) is 4.89. The molecule has 4 rings (SSSR count). The quantitative estimate of drug-likeness (QED) is 0.733. The second-order valence-electron chi connectivity index (χ2n) is 6.58. The molecule has 0 bridgehead atoms. The fraction of sp³-hybridized carbons (Fsp3) is 0.316. The summed E-state index contributed by atoms with van der Waals surface area (Å²) in [6, 6.07) is 7.05. The number of hydrogen-bond acceptors (Lipinski definition) is 5. The molecule has 3 aromatic heterocycles. The van der Waals surface area contributed by atoms with E-state index in [4.69, 9.17) is 4.74 Å². The van der Waals surface area contributed by atoms with Crippen LogP contribution in [0.3, 0.4) is 0 Å². The number of carbonyl (C=O) groups excluding carboxylic acids is 1. The minimum absolute atomic E-state index is 0.164. The minimum atomic E-state index is -0.298. The van der Waals surface area contributed by atoms with E-state index in [2.05, 4.69) is 15.3 Å². The Morgan fingerprint density at radius 1 is 1.31 bits per heavy atom. The maximum atomic E-state index is 12.8. The van der Waals surface area contributed by atoms with Crippen LogP contribution in [0.2, 0.25) is 0 Å². The lowest BCUT2D eigenvalue weighted by Gasteiger charge is -2.38. The summed E-state index contributed by atoms with van der Waals surface area (Å²) in [7, 11) is 1.57. The third kappa shape index (κ3) is 3.13. The second kappa shape index (κ2) is 6.76. The summed E-state index contributed by atoms with van der Waals surface area (Å²) >= 11 is 0. The van der Waals surface area contributed by atoms with Crippen LogP contribution in [0.1, 0.15) is 34.8 Å². The highest BCUT2D eigenvalue weighted by molar-refractivity contribution is 5.94. The fourth-order valence-corrected chi connectivity index (χ4v) is 3.35. The SMILES string of the molecule is COc1ccc([C@@H](NC(=O)c2ccc3nccn3c2)C2CC(O)C2)cn1. The molecular formula is C19H20N4O3. The number of methoxy groups -OCH3 is 1. The van der Waals surface area contributed by atoms with Crippen LogP contribution in [0, 0.1) is 5.92 Å². The van der Waals surface area contributed by atoms with Crippen molar-refractivity contribution in [2.45, 2.75) is 25.0 Å². The smallest absolute Gasteiger partial charge is 0.253 e. The van der Waals surface area contributed by atoms with Crippen LogP contribution >= 0.6 is 0 Å². The highest BCUT2D eigenvalue weighted by Gasteiger charge is 2.36. The number of nitrogens with zero attached hydrogens (tertiary/aromatic N) is 3. The maximum absolute atomic E-state index is 12.8. The van der Waals surface area contributed by atoms with Crippen molar-refractivity contribution < 1.29 is 14.6 Å². The van der Waals surface area contributed by atoms with Crippen molar-refractivity contribution in [1.82, 2.24) is 19.7 Å². The molecule has 0 spiro atoms. The first-order valence-electron chi connectivity index (χ1n) is 8.55. The number of aliphatic hydroxyl groups is 1. The van der Waals surface area contributed by atoms with Gasteiger partial charge in [0.25, 0.3) is 5.91 Å². The van der Waals surface area contributed by atoms with E-state index in [9.17, 15) is 9.90 Å². The van der Waals surface area contributed by atoms with E-state index < -0.39 is 0 Å². The zero-order valence-corrected chi connectivity index (χ0v) is 14.4. The molecule has 0 saturated heterocycles. The van der Waals surface area contributed by atoms with E-state index in [1.54, 1.807) is 44.0 Å². The predicted molar refractivity (Wildman–Crippen MR) is 94.9 cm³/mol. The van der Waals surface area contributed by atoms with Gasteiger partial charge in [0.15, 0.2) is 0 Å². The fourth-order valence-electron chi connectivity index (χ4n) is 3.35. The van der Waals surface area contributed by atoms with E-state index in [1.807, 2.05) is 16.5 Å². The van der Waals surface area contributed by atoms with E-state index in [-0.39, 0.29) is 24.0 Å². The average Bonchev–Trinajstić information content (AvgIpc) is 3.11. The first kappa shape index (κ1) is 16.5. The van der Waals surface area contributed by atoms with Crippen molar-refractivity contribution in [2.24, 2.45) is 5.92 Å². The van der Waals surface area contributed by atoms with Crippen molar-refractivity contribution >= 4 is 11.6 Å². The Morgan fingerprint density at radius 3 is 2.85 bits per heavy atom. The van der Waals surface area contributed by atoms with E-state index in [0.29, 0.717) is 24.3 Å². The van der Waals surface area contributed by atoms with Gasteiger partial charge < -0.3 is 19.6 Å². The number of pyridine rings is 2. The first-order chi connectivity index (χ1) is 12.6. The van der Waals surface area contributed by atoms with Gasteiger partial charge in [0.05, 0.1) is 24.8 Å². The molecule has 134 valence electrons. The summed E-state index contributed by atoms with van der Waals surface area (Å²) in [6.45, 7) is 0. The van der Waals surface area contributed by atoms with Crippen LogP contribution in [-0.2, 0) is 0 Å². The summed E-state index contributed by atoms with van der Waals surface area (Å²) in [5.74, 6) is 0.543. The van der Waals surface area contributed by atoms with Crippen LogP contribution in [0.4, 0.5) is 0 Å². The summed E-state index contributed by atoms with van der Waals surface area (Å²) in [4.78, 5) is 21.2. The maximum Gasteiger partial charge on any atom is 0.253 e. The van der Waals surface area contributed by atoms with Crippen molar-refractivity contribution in [2.75, 3.05) is 7.11 Å².